The molecule has 3 rings (SSSR count). The zero-order valence-corrected chi connectivity index (χ0v) is 13.5. The van der Waals surface area contributed by atoms with Gasteiger partial charge in [-0.25, -0.2) is 8.78 Å². The molecule has 1 aliphatic rings. The van der Waals surface area contributed by atoms with Crippen molar-refractivity contribution in [1.82, 2.24) is 9.78 Å². The van der Waals surface area contributed by atoms with Crippen LogP contribution in [-0.4, -0.2) is 22.4 Å². The Hall–Kier alpha value is -2.31. The van der Waals surface area contributed by atoms with Crippen LogP contribution in [0.1, 0.15) is 44.0 Å². The number of hydrogen-bond acceptors (Lipinski definition) is 4. The van der Waals surface area contributed by atoms with Crippen molar-refractivity contribution in [3.05, 3.63) is 39.7 Å². The fourth-order valence-corrected chi connectivity index (χ4v) is 2.63. The summed E-state index contributed by atoms with van der Waals surface area (Å²) < 4.78 is 33.7. The first-order valence-corrected chi connectivity index (χ1v) is 7.90. The van der Waals surface area contributed by atoms with E-state index in [2.05, 4.69) is 5.10 Å². The zero-order chi connectivity index (χ0) is 17.5. The van der Waals surface area contributed by atoms with Crippen molar-refractivity contribution in [1.29, 1.82) is 0 Å². The summed E-state index contributed by atoms with van der Waals surface area (Å²) in [6.07, 6.45) is 1.52. The lowest BCUT2D eigenvalue weighted by molar-refractivity contribution is -0.142. The third kappa shape index (κ3) is 3.16. The van der Waals surface area contributed by atoms with E-state index in [0.717, 1.165) is 19.8 Å². The van der Waals surface area contributed by atoms with E-state index in [4.69, 9.17) is 4.74 Å². The Morgan fingerprint density at radius 1 is 1.42 bits per heavy atom. The van der Waals surface area contributed by atoms with Crippen molar-refractivity contribution in [3.63, 3.8) is 0 Å². The first kappa shape index (κ1) is 16.5. The molecule has 1 heterocycles. The fraction of sp³-hybridized carbons (Fsp3) is 0.471. The number of alkyl halides is 2. The highest BCUT2D eigenvalue weighted by Gasteiger charge is 2.30. The van der Waals surface area contributed by atoms with Crippen molar-refractivity contribution < 1.29 is 18.3 Å². The van der Waals surface area contributed by atoms with Crippen LogP contribution >= 0.6 is 0 Å². The Labute approximate surface area is 137 Å². The molecular formula is C17H18F2N2O3. The van der Waals surface area contributed by atoms with Crippen molar-refractivity contribution >= 4 is 16.9 Å². The predicted molar refractivity (Wildman–Crippen MR) is 84.2 cm³/mol. The highest BCUT2D eigenvalue weighted by Crippen LogP contribution is 2.37. The van der Waals surface area contributed by atoms with E-state index in [1.807, 2.05) is 0 Å². The van der Waals surface area contributed by atoms with Crippen LogP contribution in [0.5, 0.6) is 0 Å². The molecule has 1 aromatic heterocycles. The minimum Gasteiger partial charge on any atom is -0.466 e. The van der Waals surface area contributed by atoms with Crippen LogP contribution in [-0.2, 0) is 21.9 Å². The molecule has 0 spiro atoms. The van der Waals surface area contributed by atoms with Crippen LogP contribution in [0.15, 0.2) is 23.0 Å². The van der Waals surface area contributed by atoms with Crippen LogP contribution < -0.4 is 5.43 Å². The summed E-state index contributed by atoms with van der Waals surface area (Å²) in [7, 11) is 0. The van der Waals surface area contributed by atoms with Gasteiger partial charge in [-0.1, -0.05) is 6.07 Å². The lowest BCUT2D eigenvalue weighted by Crippen LogP contribution is -2.23. The van der Waals surface area contributed by atoms with Gasteiger partial charge >= 0.3 is 5.97 Å². The maximum absolute atomic E-state index is 13.6. The molecule has 0 unspecified atom stereocenters. The number of carbonyl (C=O) groups is 1. The molecule has 24 heavy (non-hydrogen) atoms. The van der Waals surface area contributed by atoms with Crippen LogP contribution in [0.2, 0.25) is 0 Å². The molecule has 7 heteroatoms. The second-order valence-electron chi connectivity index (χ2n) is 6.05. The molecule has 5 nitrogen and oxygen atoms in total. The second-order valence-corrected chi connectivity index (χ2v) is 6.05. The number of halogens is 2. The largest absolute Gasteiger partial charge is 0.466 e. The quantitative estimate of drug-likeness (QED) is 0.788. The maximum atomic E-state index is 13.6. The molecule has 2 aromatic rings. The highest BCUT2D eigenvalue weighted by atomic mass is 19.3. The van der Waals surface area contributed by atoms with E-state index in [1.165, 1.54) is 18.2 Å². The van der Waals surface area contributed by atoms with Gasteiger partial charge in [0, 0.05) is 17.9 Å². The number of rotatable bonds is 5. The first-order valence-electron chi connectivity index (χ1n) is 7.90. The highest BCUT2D eigenvalue weighted by molar-refractivity contribution is 5.81. The third-order valence-corrected chi connectivity index (χ3v) is 4.00. The lowest BCUT2D eigenvalue weighted by atomic mass is 10.1. The molecule has 1 aliphatic carbocycles. The minimum absolute atomic E-state index is 0.0785. The van der Waals surface area contributed by atoms with E-state index in [1.54, 1.807) is 11.6 Å². The van der Waals surface area contributed by atoms with E-state index >= 15 is 0 Å². The minimum atomic E-state index is -3.00. The summed E-state index contributed by atoms with van der Waals surface area (Å²) >= 11 is 0. The molecule has 0 N–H and O–H groups in total. The molecular weight excluding hydrogens is 318 g/mol. The topological polar surface area (TPSA) is 61.2 Å². The molecule has 1 saturated carbocycles. The number of hydrogen-bond donors (Lipinski definition) is 0. The number of fused-ring (bicyclic) bond motifs is 1. The second kappa shape index (κ2) is 5.96. The summed E-state index contributed by atoms with van der Waals surface area (Å²) in [6, 6.07) is 4.03. The van der Waals surface area contributed by atoms with Crippen LogP contribution in [0.4, 0.5) is 8.78 Å². The molecule has 0 bridgehead atoms. The summed E-state index contributed by atoms with van der Waals surface area (Å²) in [5, 5.41) is 4.56. The molecule has 0 radical (unpaired) electrons. The van der Waals surface area contributed by atoms with Gasteiger partial charge in [-0.2, -0.15) is 5.10 Å². The van der Waals surface area contributed by atoms with Gasteiger partial charge in [-0.15, -0.1) is 0 Å². The van der Waals surface area contributed by atoms with Gasteiger partial charge in [0.05, 0.1) is 24.6 Å². The van der Waals surface area contributed by atoms with Crippen molar-refractivity contribution in [2.75, 3.05) is 6.61 Å². The molecule has 1 aromatic carbocycles. The number of aromatic nitrogens is 2. The van der Waals surface area contributed by atoms with Gasteiger partial charge in [-0.3, -0.25) is 14.3 Å². The van der Waals surface area contributed by atoms with Crippen molar-refractivity contribution in [2.45, 2.75) is 45.1 Å². The van der Waals surface area contributed by atoms with E-state index in [9.17, 15) is 18.4 Å². The molecule has 0 saturated heterocycles. The average molecular weight is 336 g/mol. The molecule has 128 valence electrons. The maximum Gasteiger partial charge on any atom is 0.312 e. The molecule has 1 fully saturated rings. The van der Waals surface area contributed by atoms with Gasteiger partial charge in [0.2, 0.25) is 5.43 Å². The zero-order valence-electron chi connectivity index (χ0n) is 13.5. The Balaban J connectivity index is 2.15. The molecule has 0 amide bonds. The average Bonchev–Trinajstić information content (AvgIpc) is 3.33. The SMILES string of the molecule is CCOC(=O)Cc1nn(C2CC2)c2cc(C(C)(F)F)ccc2c1=O. The lowest BCUT2D eigenvalue weighted by Gasteiger charge is -2.15. The van der Waals surface area contributed by atoms with E-state index in [0.29, 0.717) is 10.9 Å². The Kier molecular flexibility index (Phi) is 4.11. The van der Waals surface area contributed by atoms with Crippen LogP contribution in [0.25, 0.3) is 10.9 Å². The standard InChI is InChI=1S/C17H18F2N2O3/c1-3-24-15(22)9-13-16(23)12-7-4-10(17(2,18)19)8-14(12)21(20-13)11-5-6-11/h4,7-8,11H,3,5-6,9H2,1-2H3. The number of esters is 1. The summed E-state index contributed by atoms with van der Waals surface area (Å²) in [5.74, 6) is -3.53. The van der Waals surface area contributed by atoms with Crippen molar-refractivity contribution in [2.24, 2.45) is 0 Å². The van der Waals surface area contributed by atoms with Gasteiger partial charge in [0.25, 0.3) is 5.92 Å². The Bertz CT molecular complexity index is 851. The third-order valence-electron chi connectivity index (χ3n) is 4.00. The van der Waals surface area contributed by atoms with E-state index < -0.39 is 17.3 Å². The van der Waals surface area contributed by atoms with E-state index in [-0.39, 0.29) is 30.3 Å². The molecule has 0 atom stereocenters. The monoisotopic (exact) mass is 336 g/mol. The normalized spacial score (nSPS) is 14.8. The summed E-state index contributed by atoms with van der Waals surface area (Å²) in [4.78, 5) is 24.2. The van der Waals surface area contributed by atoms with Crippen molar-refractivity contribution in [3.8, 4) is 0 Å². The van der Waals surface area contributed by atoms with Gasteiger partial charge in [-0.05, 0) is 31.9 Å². The smallest absolute Gasteiger partial charge is 0.312 e. The number of nitrogens with zero attached hydrogens (tertiary/aromatic N) is 2. The van der Waals surface area contributed by atoms with Gasteiger partial charge in [0.15, 0.2) is 0 Å². The number of ether oxygens (including phenoxy) is 1. The summed E-state index contributed by atoms with van der Waals surface area (Å²) in [6.45, 7) is 2.72. The van der Waals surface area contributed by atoms with Crippen LogP contribution in [0, 0.1) is 0 Å². The number of carbonyl (C=O) groups excluding carboxylic acids is 1. The molecule has 0 aliphatic heterocycles. The fourth-order valence-electron chi connectivity index (χ4n) is 2.63. The van der Waals surface area contributed by atoms with Crippen LogP contribution in [0.3, 0.4) is 0 Å². The Morgan fingerprint density at radius 2 is 2.12 bits per heavy atom. The Morgan fingerprint density at radius 3 is 2.71 bits per heavy atom. The predicted octanol–water partition coefficient (Wildman–Crippen LogP) is 2.95. The van der Waals surface area contributed by atoms with Gasteiger partial charge < -0.3 is 4.74 Å². The van der Waals surface area contributed by atoms with Gasteiger partial charge in [0.1, 0.15) is 5.69 Å². The number of benzene rings is 1. The summed E-state index contributed by atoms with van der Waals surface area (Å²) in [5.41, 5.74) is -0.109. The first-order chi connectivity index (χ1) is 11.3.